The van der Waals surface area contributed by atoms with Crippen LogP contribution in [-0.2, 0) is 28.8 Å². The first-order valence-electron chi connectivity index (χ1n) is 5.45. The predicted octanol–water partition coefficient (Wildman–Crippen LogP) is -7.76. The SMILES string of the molecule is CC(=O)[O-].CC(=O)[O-].CC(=O)[O-].CC(=O)[O-].CC(=O)[O-].CC(=O)[O-].[C+4].[Pb+2]. The molecule has 0 heterocycles. The molecule has 26 heavy (non-hydrogen) atoms. The fourth-order valence-corrected chi connectivity index (χ4v) is 0. The molecule has 0 saturated heterocycles. The second kappa shape index (κ2) is 43.4. The Balaban J connectivity index is -0.0000000245. The van der Waals surface area contributed by atoms with E-state index in [9.17, 15) is 0 Å². The molecule has 12 nitrogen and oxygen atoms in total. The van der Waals surface area contributed by atoms with Crippen LogP contribution in [0.5, 0.6) is 0 Å². The summed E-state index contributed by atoms with van der Waals surface area (Å²) < 4.78 is 0. The quantitative estimate of drug-likeness (QED) is 0.245. The topological polar surface area (TPSA) is 241 Å². The Morgan fingerprint density at radius 1 is 0.385 bits per heavy atom. The molecule has 0 amide bonds. The minimum atomic E-state index is -1.08. The Bertz CT molecular complexity index is 262. The van der Waals surface area contributed by atoms with Crippen LogP contribution < -0.4 is 30.6 Å². The van der Waals surface area contributed by atoms with Crippen molar-refractivity contribution in [2.75, 3.05) is 0 Å². The Hall–Kier alpha value is -2.26. The van der Waals surface area contributed by atoms with Gasteiger partial charge >= 0.3 is 34.7 Å². The first-order valence-corrected chi connectivity index (χ1v) is 5.45. The van der Waals surface area contributed by atoms with Gasteiger partial charge in [0.05, 0.1) is 0 Å². The Morgan fingerprint density at radius 2 is 0.385 bits per heavy atom. The van der Waals surface area contributed by atoms with E-state index in [1.807, 2.05) is 0 Å². The second-order valence-electron chi connectivity index (χ2n) is 2.95. The summed E-state index contributed by atoms with van der Waals surface area (Å²) in [5.74, 6) is -6.50. The van der Waals surface area contributed by atoms with E-state index < -0.39 is 35.8 Å². The van der Waals surface area contributed by atoms with Gasteiger partial charge in [-0.3, -0.25) is 0 Å². The van der Waals surface area contributed by atoms with E-state index in [0.717, 1.165) is 41.5 Å². The first kappa shape index (κ1) is 49.6. The zero-order valence-electron chi connectivity index (χ0n) is 14.9. The number of rotatable bonds is 0. The van der Waals surface area contributed by atoms with Crippen molar-refractivity contribution in [3.05, 3.63) is 7.43 Å². The third kappa shape index (κ3) is 1830. The van der Waals surface area contributed by atoms with Gasteiger partial charge in [0.15, 0.2) is 0 Å². The van der Waals surface area contributed by atoms with Crippen LogP contribution in [0.25, 0.3) is 0 Å². The molecule has 0 spiro atoms. The maximum absolute atomic E-state index is 8.89. The van der Waals surface area contributed by atoms with Gasteiger partial charge < -0.3 is 59.4 Å². The normalized spacial score (nSPS) is 5.77. The minimum Gasteiger partial charge on any atom is -0.550 e. The van der Waals surface area contributed by atoms with Crippen LogP contribution in [0.15, 0.2) is 0 Å². The van der Waals surface area contributed by atoms with Gasteiger partial charge in [-0.25, -0.2) is 0 Å². The minimum absolute atomic E-state index is 0. The monoisotopic (exact) mass is 574 g/mol. The van der Waals surface area contributed by atoms with Gasteiger partial charge in [0.2, 0.25) is 0 Å². The van der Waals surface area contributed by atoms with Gasteiger partial charge in [0.25, 0.3) is 0 Å². The molecule has 0 N–H and O–H groups in total. The summed E-state index contributed by atoms with van der Waals surface area (Å²) in [6, 6.07) is 0. The van der Waals surface area contributed by atoms with Gasteiger partial charge in [-0.05, 0) is 41.5 Å². The number of carbonyl (C=O) groups is 6. The average Bonchev–Trinajstić information content (AvgIpc) is 2.08. The van der Waals surface area contributed by atoms with Crippen molar-refractivity contribution in [2.24, 2.45) is 0 Å². The first-order chi connectivity index (χ1) is 10.4. The Labute approximate surface area is 171 Å². The number of carboxylic acid groups (broad SMARTS) is 6. The van der Waals surface area contributed by atoms with Gasteiger partial charge in [0.1, 0.15) is 0 Å². The number of aliphatic carboxylic acids is 6. The van der Waals surface area contributed by atoms with Crippen LogP contribution in [0.4, 0.5) is 0 Å². The van der Waals surface area contributed by atoms with Crippen molar-refractivity contribution in [3.63, 3.8) is 0 Å². The molecular weight excluding hydrogens is 555 g/mol. The Kier molecular flexibility index (Phi) is 82.7. The number of hydrogen-bond acceptors (Lipinski definition) is 12. The molecule has 0 fully saturated rings. The zero-order valence-corrected chi connectivity index (χ0v) is 18.8. The van der Waals surface area contributed by atoms with Crippen molar-refractivity contribution >= 4 is 63.1 Å². The third-order valence-electron chi connectivity index (χ3n) is 0. The maximum atomic E-state index is 8.89. The Morgan fingerprint density at radius 3 is 0.385 bits per heavy atom. The molecule has 0 aliphatic heterocycles. The molecule has 13 heteroatoms. The fourth-order valence-electron chi connectivity index (χ4n) is 0. The van der Waals surface area contributed by atoms with Crippen LogP contribution in [0.2, 0.25) is 0 Å². The van der Waals surface area contributed by atoms with Crippen molar-refractivity contribution in [1.29, 1.82) is 0 Å². The van der Waals surface area contributed by atoms with Crippen LogP contribution >= 0.6 is 0 Å². The predicted molar refractivity (Wildman–Crippen MR) is 73.1 cm³/mol. The molecule has 0 aromatic carbocycles. The molecule has 0 aliphatic carbocycles. The van der Waals surface area contributed by atoms with E-state index in [2.05, 4.69) is 0 Å². The van der Waals surface area contributed by atoms with Gasteiger partial charge in [-0.2, -0.15) is 0 Å². The zero-order chi connectivity index (χ0) is 21.5. The van der Waals surface area contributed by atoms with Crippen molar-refractivity contribution in [3.8, 4) is 0 Å². The maximum Gasteiger partial charge on any atom is 4.00 e. The van der Waals surface area contributed by atoms with Crippen LogP contribution in [0.3, 0.4) is 0 Å². The molecular formula is C13H18O12Pb. The molecule has 0 aliphatic rings. The molecule has 0 aromatic heterocycles. The van der Waals surface area contributed by atoms with Crippen molar-refractivity contribution in [1.82, 2.24) is 0 Å². The molecule has 0 saturated carbocycles. The van der Waals surface area contributed by atoms with Crippen LogP contribution in [0, 0.1) is 7.43 Å². The molecule has 0 atom stereocenters. The standard InChI is InChI=1S/6C2H4O2.C.Pb/c6*1-2(3)4;;/h6*1H3,(H,3,4);;/q;;;;;;+4;+2/p-6. The summed E-state index contributed by atoms with van der Waals surface area (Å²) >= 11 is 0. The summed E-state index contributed by atoms with van der Waals surface area (Å²) in [6.45, 7) is 5.83. The average molecular weight is 573 g/mol. The van der Waals surface area contributed by atoms with E-state index in [-0.39, 0.29) is 34.7 Å². The fraction of sp³-hybridized carbons (Fsp3) is 0.462. The van der Waals surface area contributed by atoms with Gasteiger partial charge in [-0.1, -0.05) is 0 Å². The summed E-state index contributed by atoms with van der Waals surface area (Å²) in [4.78, 5) is 53.3. The largest absolute Gasteiger partial charge is 4.00 e. The summed E-state index contributed by atoms with van der Waals surface area (Å²) in [5, 5.41) is 53.3. The van der Waals surface area contributed by atoms with Crippen LogP contribution in [-0.4, -0.2) is 63.1 Å². The van der Waals surface area contributed by atoms with Gasteiger partial charge in [0, 0.05) is 35.8 Å². The molecule has 0 bridgehead atoms. The molecule has 0 unspecified atom stereocenters. The van der Waals surface area contributed by atoms with Gasteiger partial charge in [-0.15, -0.1) is 0 Å². The molecule has 146 valence electrons. The van der Waals surface area contributed by atoms with Crippen molar-refractivity contribution in [2.45, 2.75) is 41.5 Å². The van der Waals surface area contributed by atoms with E-state index in [0.29, 0.717) is 0 Å². The van der Waals surface area contributed by atoms with E-state index in [4.69, 9.17) is 59.4 Å². The summed E-state index contributed by atoms with van der Waals surface area (Å²) in [5.41, 5.74) is 0. The van der Waals surface area contributed by atoms with Crippen LogP contribution in [0.1, 0.15) is 41.5 Å². The number of carbonyl (C=O) groups excluding carboxylic acids is 6. The number of carboxylic acids is 6. The van der Waals surface area contributed by atoms with E-state index in [1.54, 1.807) is 0 Å². The van der Waals surface area contributed by atoms with E-state index >= 15 is 0 Å². The molecule has 2 radical (unpaired) electrons. The summed E-state index contributed by atoms with van der Waals surface area (Å²) in [6.07, 6.45) is 0. The smallest absolute Gasteiger partial charge is 0.550 e. The summed E-state index contributed by atoms with van der Waals surface area (Å²) in [7, 11) is 0. The second-order valence-corrected chi connectivity index (χ2v) is 2.95. The van der Waals surface area contributed by atoms with E-state index in [1.165, 1.54) is 0 Å². The third-order valence-corrected chi connectivity index (χ3v) is 0. The van der Waals surface area contributed by atoms with Crippen molar-refractivity contribution < 1.29 is 59.4 Å². The molecule has 0 aromatic rings. The number of hydrogen-bond donors (Lipinski definition) is 0. The molecule has 0 rings (SSSR count).